The van der Waals surface area contributed by atoms with E-state index < -0.39 is 15.4 Å². The maximum atomic E-state index is 11.4. The lowest BCUT2D eigenvalue weighted by atomic mass is 9.77. The van der Waals surface area contributed by atoms with Gasteiger partial charge in [-0.3, -0.25) is 4.72 Å². The van der Waals surface area contributed by atoms with Gasteiger partial charge >= 0.3 is 0 Å². The summed E-state index contributed by atoms with van der Waals surface area (Å²) >= 11 is 12.0. The number of nitrogens with one attached hydrogen (secondary N) is 1. The summed E-state index contributed by atoms with van der Waals surface area (Å²) in [4.78, 5) is 7.99. The predicted molar refractivity (Wildman–Crippen MR) is 137 cm³/mol. The number of nitriles is 1. The van der Waals surface area contributed by atoms with Crippen LogP contribution in [0.5, 0.6) is 17.2 Å². The first-order valence-corrected chi connectivity index (χ1v) is 13.4. The van der Waals surface area contributed by atoms with Crippen molar-refractivity contribution in [1.29, 1.82) is 5.26 Å². The van der Waals surface area contributed by atoms with E-state index in [1.54, 1.807) is 24.3 Å². The fourth-order valence-corrected chi connectivity index (χ4v) is 4.20. The lowest BCUT2D eigenvalue weighted by Gasteiger charge is -2.28. The topological polar surface area (TPSA) is 134 Å². The van der Waals surface area contributed by atoms with Crippen LogP contribution in [0.25, 0.3) is 0 Å². The van der Waals surface area contributed by atoms with Crippen molar-refractivity contribution in [3.05, 3.63) is 70.0 Å². The molecule has 0 fully saturated rings. The zero-order chi connectivity index (χ0) is 26.5. The number of rotatable bonds is 10. The number of aromatic hydroxyl groups is 1. The van der Waals surface area contributed by atoms with Crippen LogP contribution >= 0.6 is 23.2 Å². The van der Waals surface area contributed by atoms with E-state index in [2.05, 4.69) is 20.8 Å². The molecular formula is C24H24Cl2N4O5S. The van der Waals surface area contributed by atoms with E-state index in [-0.39, 0.29) is 47.1 Å². The van der Waals surface area contributed by atoms with Gasteiger partial charge in [0, 0.05) is 17.2 Å². The average molecular weight is 551 g/mol. The number of sulfonamides is 1. The SMILES string of the molecule is CC(C)(c1ccc(OCc2ccnc(NS(C)(=O)=O)n2)cc1)c1cc(C#N)c(OCCCl)c(Cl)c1O. The molecular weight excluding hydrogens is 527 g/mol. The Kier molecular flexibility index (Phi) is 8.51. The highest BCUT2D eigenvalue weighted by atomic mass is 35.5. The summed E-state index contributed by atoms with van der Waals surface area (Å²) in [5.41, 5.74) is 1.26. The quantitative estimate of drug-likeness (QED) is 0.349. The number of benzene rings is 2. The van der Waals surface area contributed by atoms with Gasteiger partial charge in [-0.25, -0.2) is 18.4 Å². The minimum atomic E-state index is -3.49. The molecule has 0 radical (unpaired) electrons. The third-order valence-corrected chi connectivity index (χ3v) is 6.32. The van der Waals surface area contributed by atoms with E-state index in [1.807, 2.05) is 26.0 Å². The number of anilines is 1. The van der Waals surface area contributed by atoms with Gasteiger partial charge in [-0.2, -0.15) is 5.26 Å². The van der Waals surface area contributed by atoms with Gasteiger partial charge in [0.2, 0.25) is 16.0 Å². The minimum Gasteiger partial charge on any atom is -0.506 e. The molecule has 0 saturated heterocycles. The zero-order valence-corrected chi connectivity index (χ0v) is 22.1. The van der Waals surface area contributed by atoms with E-state index in [9.17, 15) is 18.8 Å². The lowest BCUT2D eigenvalue weighted by molar-refractivity contribution is 0.301. The molecule has 0 aliphatic heterocycles. The van der Waals surface area contributed by atoms with Gasteiger partial charge in [-0.15, -0.1) is 11.6 Å². The summed E-state index contributed by atoms with van der Waals surface area (Å²) < 4.78 is 36.2. The molecule has 0 spiro atoms. The molecule has 3 aromatic rings. The Hall–Kier alpha value is -3.26. The van der Waals surface area contributed by atoms with Crippen molar-refractivity contribution in [2.75, 3.05) is 23.5 Å². The van der Waals surface area contributed by atoms with Crippen LogP contribution in [0.2, 0.25) is 5.02 Å². The number of phenolic OH excluding ortho intramolecular Hbond substituents is 1. The molecule has 12 heteroatoms. The van der Waals surface area contributed by atoms with Crippen molar-refractivity contribution in [2.45, 2.75) is 25.9 Å². The van der Waals surface area contributed by atoms with Crippen LogP contribution in [0, 0.1) is 11.3 Å². The van der Waals surface area contributed by atoms with Crippen LogP contribution in [0.1, 0.15) is 36.2 Å². The fourth-order valence-electron chi connectivity index (χ4n) is 3.44. The lowest BCUT2D eigenvalue weighted by Crippen LogP contribution is -2.20. The minimum absolute atomic E-state index is 0.0371. The number of hydrogen-bond donors (Lipinski definition) is 2. The summed E-state index contributed by atoms with van der Waals surface area (Å²) in [6.07, 6.45) is 2.45. The summed E-state index contributed by atoms with van der Waals surface area (Å²) in [6.45, 7) is 4.03. The van der Waals surface area contributed by atoms with E-state index >= 15 is 0 Å². The number of aromatic nitrogens is 2. The van der Waals surface area contributed by atoms with Crippen LogP contribution in [-0.4, -0.2) is 42.2 Å². The highest BCUT2D eigenvalue weighted by Gasteiger charge is 2.30. The smallest absolute Gasteiger partial charge is 0.236 e. The van der Waals surface area contributed by atoms with Crippen molar-refractivity contribution < 1.29 is 23.0 Å². The van der Waals surface area contributed by atoms with Gasteiger partial charge in [0.05, 0.1) is 23.4 Å². The number of phenols is 1. The number of halogens is 2. The molecule has 36 heavy (non-hydrogen) atoms. The summed E-state index contributed by atoms with van der Waals surface area (Å²) in [6, 6.07) is 12.4. The fraction of sp³-hybridized carbons (Fsp3) is 0.292. The van der Waals surface area contributed by atoms with Crippen molar-refractivity contribution in [3.63, 3.8) is 0 Å². The van der Waals surface area contributed by atoms with E-state index in [1.165, 1.54) is 6.20 Å². The highest BCUT2D eigenvalue weighted by molar-refractivity contribution is 7.91. The molecule has 0 aliphatic rings. The van der Waals surface area contributed by atoms with Gasteiger partial charge in [-0.05, 0) is 29.8 Å². The van der Waals surface area contributed by atoms with Crippen molar-refractivity contribution in [2.24, 2.45) is 0 Å². The van der Waals surface area contributed by atoms with E-state index in [4.69, 9.17) is 32.7 Å². The van der Waals surface area contributed by atoms with Crippen LogP contribution in [0.3, 0.4) is 0 Å². The maximum Gasteiger partial charge on any atom is 0.236 e. The van der Waals surface area contributed by atoms with Crippen LogP contribution in [-0.2, 0) is 22.0 Å². The Bertz CT molecular complexity index is 1390. The average Bonchev–Trinajstić information content (AvgIpc) is 2.83. The molecule has 0 bridgehead atoms. The largest absolute Gasteiger partial charge is 0.506 e. The van der Waals surface area contributed by atoms with Gasteiger partial charge in [0.25, 0.3) is 0 Å². The molecule has 0 atom stereocenters. The molecule has 1 heterocycles. The van der Waals surface area contributed by atoms with E-state index in [0.29, 0.717) is 17.0 Å². The molecule has 0 saturated carbocycles. The first kappa shape index (κ1) is 27.3. The molecule has 3 rings (SSSR count). The van der Waals surface area contributed by atoms with Crippen molar-refractivity contribution in [3.8, 4) is 23.3 Å². The molecule has 190 valence electrons. The molecule has 0 aliphatic carbocycles. The number of ether oxygens (including phenoxy) is 2. The standard InChI is InChI=1S/C24H24Cl2N4O5S/c1-24(2,19-12-15(13-27)22(34-11-9-25)20(26)21(19)31)16-4-6-18(7-5-16)35-14-17-8-10-28-23(29-17)30-36(3,32)33/h4-8,10,12,31H,9,11,14H2,1-3H3,(H,28,29,30). The number of nitrogens with zero attached hydrogens (tertiary/aromatic N) is 3. The Morgan fingerprint density at radius 3 is 2.50 bits per heavy atom. The van der Waals surface area contributed by atoms with Gasteiger partial charge in [0.1, 0.15) is 35.8 Å². The van der Waals surface area contributed by atoms with Gasteiger partial charge in [-0.1, -0.05) is 37.6 Å². The van der Waals surface area contributed by atoms with Crippen LogP contribution in [0.4, 0.5) is 5.95 Å². The second-order valence-corrected chi connectivity index (χ2v) is 10.8. The molecule has 0 unspecified atom stereocenters. The van der Waals surface area contributed by atoms with Crippen LogP contribution < -0.4 is 14.2 Å². The number of hydrogen-bond acceptors (Lipinski definition) is 8. The molecule has 2 N–H and O–H groups in total. The van der Waals surface area contributed by atoms with E-state index in [0.717, 1.165) is 11.8 Å². The Morgan fingerprint density at radius 2 is 1.89 bits per heavy atom. The Morgan fingerprint density at radius 1 is 1.19 bits per heavy atom. The molecule has 9 nitrogen and oxygen atoms in total. The normalized spacial score (nSPS) is 11.6. The maximum absolute atomic E-state index is 11.4. The monoisotopic (exact) mass is 550 g/mol. The predicted octanol–water partition coefficient (Wildman–Crippen LogP) is 4.60. The molecule has 1 aromatic heterocycles. The summed E-state index contributed by atoms with van der Waals surface area (Å²) in [5, 5.41) is 20.4. The first-order chi connectivity index (χ1) is 17.0. The van der Waals surface area contributed by atoms with Crippen LogP contribution in [0.15, 0.2) is 42.6 Å². The number of alkyl halides is 1. The summed E-state index contributed by atoms with van der Waals surface area (Å²) in [7, 11) is -3.49. The third-order valence-electron chi connectivity index (χ3n) is 5.27. The summed E-state index contributed by atoms with van der Waals surface area (Å²) in [5.74, 6) is 0.646. The van der Waals surface area contributed by atoms with Crippen molar-refractivity contribution in [1.82, 2.24) is 9.97 Å². The first-order valence-electron chi connectivity index (χ1n) is 10.6. The highest BCUT2D eigenvalue weighted by Crippen LogP contribution is 2.46. The van der Waals surface area contributed by atoms with Gasteiger partial charge < -0.3 is 14.6 Å². The second kappa shape index (κ2) is 11.2. The Balaban J connectivity index is 1.80. The van der Waals surface area contributed by atoms with Gasteiger partial charge in [0.15, 0.2) is 5.75 Å². The molecule has 2 aromatic carbocycles. The molecule has 0 amide bonds. The van der Waals surface area contributed by atoms with Crippen molar-refractivity contribution >= 4 is 39.2 Å². The third kappa shape index (κ3) is 6.49. The Labute approximate surface area is 219 Å². The second-order valence-electron chi connectivity index (χ2n) is 8.30. The zero-order valence-electron chi connectivity index (χ0n) is 19.7.